The standard InChI is InChI=1S/C17H23N5O2/c1-12-5-7-13(8-6-12)16-14(4-3-9-24-16)21-17(23)18-10-15-19-11-20-22(15)2/h5-8,11,14,16H,3-4,9-10H2,1-2H3,(H2,18,21,23). The fourth-order valence-corrected chi connectivity index (χ4v) is 2.87. The second kappa shape index (κ2) is 7.44. The molecule has 0 aliphatic carbocycles. The molecule has 2 unspecified atom stereocenters. The van der Waals surface area contributed by atoms with E-state index in [2.05, 4.69) is 51.9 Å². The number of aromatic nitrogens is 3. The van der Waals surface area contributed by atoms with Crippen LogP contribution in [0, 0.1) is 6.92 Å². The molecule has 128 valence electrons. The molecule has 7 heteroatoms. The molecule has 1 aromatic carbocycles. The molecule has 2 atom stereocenters. The van der Waals surface area contributed by atoms with Crippen molar-refractivity contribution in [2.75, 3.05) is 6.61 Å². The molecule has 0 radical (unpaired) electrons. The highest BCUT2D eigenvalue weighted by atomic mass is 16.5. The Kier molecular flexibility index (Phi) is 5.10. The second-order valence-electron chi connectivity index (χ2n) is 6.08. The average molecular weight is 329 g/mol. The molecule has 2 heterocycles. The van der Waals surface area contributed by atoms with Gasteiger partial charge in [0.15, 0.2) is 0 Å². The van der Waals surface area contributed by atoms with E-state index in [0.29, 0.717) is 12.4 Å². The summed E-state index contributed by atoms with van der Waals surface area (Å²) < 4.78 is 7.56. The first-order chi connectivity index (χ1) is 11.6. The van der Waals surface area contributed by atoms with Crippen LogP contribution in [-0.4, -0.2) is 33.4 Å². The Labute approximate surface area is 141 Å². The van der Waals surface area contributed by atoms with Crippen LogP contribution in [0.3, 0.4) is 0 Å². The molecule has 1 aliphatic rings. The first-order valence-electron chi connectivity index (χ1n) is 8.19. The second-order valence-corrected chi connectivity index (χ2v) is 6.08. The van der Waals surface area contributed by atoms with E-state index in [1.165, 1.54) is 11.9 Å². The first-order valence-corrected chi connectivity index (χ1v) is 8.19. The van der Waals surface area contributed by atoms with Gasteiger partial charge in [-0.1, -0.05) is 29.8 Å². The summed E-state index contributed by atoms with van der Waals surface area (Å²) in [5.41, 5.74) is 2.30. The zero-order valence-corrected chi connectivity index (χ0v) is 14.0. The largest absolute Gasteiger partial charge is 0.371 e. The number of aryl methyl sites for hydroxylation is 2. The number of ether oxygens (including phenoxy) is 1. The Hall–Kier alpha value is -2.41. The summed E-state index contributed by atoms with van der Waals surface area (Å²) in [4.78, 5) is 16.3. The van der Waals surface area contributed by atoms with Crippen LogP contribution >= 0.6 is 0 Å². The van der Waals surface area contributed by atoms with E-state index >= 15 is 0 Å². The number of nitrogens with one attached hydrogen (secondary N) is 2. The van der Waals surface area contributed by atoms with Gasteiger partial charge in [-0.2, -0.15) is 5.10 Å². The van der Waals surface area contributed by atoms with Crippen LogP contribution in [0.2, 0.25) is 0 Å². The molecular weight excluding hydrogens is 306 g/mol. The molecule has 2 amide bonds. The number of hydrogen-bond acceptors (Lipinski definition) is 4. The number of urea groups is 1. The maximum absolute atomic E-state index is 12.2. The third-order valence-electron chi connectivity index (χ3n) is 4.26. The maximum Gasteiger partial charge on any atom is 0.315 e. The zero-order valence-electron chi connectivity index (χ0n) is 14.0. The molecule has 0 spiro atoms. The van der Waals surface area contributed by atoms with Crippen LogP contribution in [0.15, 0.2) is 30.6 Å². The van der Waals surface area contributed by atoms with Crippen molar-refractivity contribution in [2.24, 2.45) is 7.05 Å². The van der Waals surface area contributed by atoms with Gasteiger partial charge in [-0.05, 0) is 25.3 Å². The summed E-state index contributed by atoms with van der Waals surface area (Å²) >= 11 is 0. The molecule has 1 fully saturated rings. The SMILES string of the molecule is Cc1ccc(C2OCCCC2NC(=O)NCc2ncnn2C)cc1. The monoisotopic (exact) mass is 329 g/mol. The van der Waals surface area contributed by atoms with E-state index in [4.69, 9.17) is 4.74 Å². The fourth-order valence-electron chi connectivity index (χ4n) is 2.87. The van der Waals surface area contributed by atoms with E-state index in [1.807, 2.05) is 0 Å². The predicted molar refractivity (Wildman–Crippen MR) is 89.3 cm³/mol. The number of nitrogens with zero attached hydrogens (tertiary/aromatic N) is 3. The van der Waals surface area contributed by atoms with Gasteiger partial charge in [-0.15, -0.1) is 0 Å². The van der Waals surface area contributed by atoms with E-state index in [1.54, 1.807) is 11.7 Å². The summed E-state index contributed by atoms with van der Waals surface area (Å²) in [5.74, 6) is 0.708. The van der Waals surface area contributed by atoms with Crippen molar-refractivity contribution in [1.82, 2.24) is 25.4 Å². The van der Waals surface area contributed by atoms with Gasteiger partial charge in [0.05, 0.1) is 12.6 Å². The minimum Gasteiger partial charge on any atom is -0.371 e. The van der Waals surface area contributed by atoms with Crippen LogP contribution in [0.1, 0.15) is 35.9 Å². The average Bonchev–Trinajstić information content (AvgIpc) is 2.99. The number of amides is 2. The van der Waals surface area contributed by atoms with Gasteiger partial charge in [-0.3, -0.25) is 4.68 Å². The van der Waals surface area contributed by atoms with Crippen LogP contribution in [0.4, 0.5) is 4.79 Å². The Morgan fingerprint density at radius 3 is 2.88 bits per heavy atom. The number of carbonyl (C=O) groups is 1. The van der Waals surface area contributed by atoms with Gasteiger partial charge in [0.25, 0.3) is 0 Å². The molecule has 1 aliphatic heterocycles. The maximum atomic E-state index is 12.2. The lowest BCUT2D eigenvalue weighted by molar-refractivity contribution is -0.00744. The predicted octanol–water partition coefficient (Wildman–Crippen LogP) is 1.84. The quantitative estimate of drug-likeness (QED) is 0.897. The number of benzene rings is 1. The van der Waals surface area contributed by atoms with Crippen molar-refractivity contribution in [3.8, 4) is 0 Å². The Morgan fingerprint density at radius 1 is 1.38 bits per heavy atom. The zero-order chi connectivity index (χ0) is 16.9. The topological polar surface area (TPSA) is 81.1 Å². The highest BCUT2D eigenvalue weighted by Gasteiger charge is 2.28. The Balaban J connectivity index is 1.60. The van der Waals surface area contributed by atoms with E-state index < -0.39 is 0 Å². The lowest BCUT2D eigenvalue weighted by Crippen LogP contribution is -2.47. The molecule has 2 aromatic rings. The van der Waals surface area contributed by atoms with Crippen LogP contribution in [0.25, 0.3) is 0 Å². The van der Waals surface area contributed by atoms with Crippen molar-refractivity contribution in [3.05, 3.63) is 47.5 Å². The molecule has 0 bridgehead atoms. The van der Waals surface area contributed by atoms with Crippen molar-refractivity contribution in [3.63, 3.8) is 0 Å². The highest BCUT2D eigenvalue weighted by molar-refractivity contribution is 5.74. The molecular formula is C17H23N5O2. The van der Waals surface area contributed by atoms with E-state index in [-0.39, 0.29) is 18.2 Å². The lowest BCUT2D eigenvalue weighted by Gasteiger charge is -2.32. The summed E-state index contributed by atoms with van der Waals surface area (Å²) in [6.07, 6.45) is 3.20. The first kappa shape index (κ1) is 16.4. The van der Waals surface area contributed by atoms with Crippen LogP contribution in [-0.2, 0) is 18.3 Å². The van der Waals surface area contributed by atoms with E-state index in [9.17, 15) is 4.79 Å². The van der Waals surface area contributed by atoms with Crippen molar-refractivity contribution < 1.29 is 9.53 Å². The van der Waals surface area contributed by atoms with Gasteiger partial charge in [0.2, 0.25) is 0 Å². The minimum atomic E-state index is -0.217. The van der Waals surface area contributed by atoms with Crippen LogP contribution in [0.5, 0.6) is 0 Å². The normalized spacial score (nSPS) is 20.6. The number of carbonyl (C=O) groups excluding carboxylic acids is 1. The third-order valence-corrected chi connectivity index (χ3v) is 4.26. The molecule has 7 nitrogen and oxygen atoms in total. The van der Waals surface area contributed by atoms with Crippen LogP contribution < -0.4 is 10.6 Å². The summed E-state index contributed by atoms with van der Waals surface area (Å²) in [5, 5.41) is 9.84. The summed E-state index contributed by atoms with van der Waals surface area (Å²) in [6, 6.07) is 8.01. The van der Waals surface area contributed by atoms with Crippen molar-refractivity contribution >= 4 is 6.03 Å². The summed E-state index contributed by atoms with van der Waals surface area (Å²) in [6.45, 7) is 3.11. The fraction of sp³-hybridized carbons (Fsp3) is 0.471. The van der Waals surface area contributed by atoms with Gasteiger partial charge >= 0.3 is 6.03 Å². The lowest BCUT2D eigenvalue weighted by atomic mass is 9.95. The smallest absolute Gasteiger partial charge is 0.315 e. The highest BCUT2D eigenvalue weighted by Crippen LogP contribution is 2.28. The Bertz CT molecular complexity index is 683. The van der Waals surface area contributed by atoms with Crippen molar-refractivity contribution in [2.45, 2.75) is 38.5 Å². The molecule has 1 aromatic heterocycles. The number of hydrogen-bond donors (Lipinski definition) is 2. The van der Waals surface area contributed by atoms with Gasteiger partial charge in [0, 0.05) is 13.7 Å². The molecule has 3 rings (SSSR count). The van der Waals surface area contributed by atoms with E-state index in [0.717, 1.165) is 25.0 Å². The molecule has 24 heavy (non-hydrogen) atoms. The molecule has 2 N–H and O–H groups in total. The number of rotatable bonds is 4. The Morgan fingerprint density at radius 2 is 2.17 bits per heavy atom. The van der Waals surface area contributed by atoms with Gasteiger partial charge in [0.1, 0.15) is 18.3 Å². The molecule has 0 saturated carbocycles. The summed E-state index contributed by atoms with van der Waals surface area (Å²) in [7, 11) is 1.80. The van der Waals surface area contributed by atoms with Gasteiger partial charge in [-0.25, -0.2) is 9.78 Å². The van der Waals surface area contributed by atoms with Gasteiger partial charge < -0.3 is 15.4 Å². The minimum absolute atomic E-state index is 0.0408. The van der Waals surface area contributed by atoms with Crippen molar-refractivity contribution in [1.29, 1.82) is 0 Å². The molecule has 1 saturated heterocycles. The third kappa shape index (κ3) is 3.91.